The van der Waals surface area contributed by atoms with Crippen LogP contribution in [-0.4, -0.2) is 54.7 Å². The van der Waals surface area contributed by atoms with Crippen LogP contribution in [0.2, 0.25) is 0 Å². The fraction of sp³-hybridized carbons (Fsp3) is 0.364. The summed E-state index contributed by atoms with van der Waals surface area (Å²) in [5.41, 5.74) is 1.83. The SMILES string of the molecule is O=CCC(Cc1ccccc1)(C1=COCO1)N1CCN(c2ccncc2)CC1. The third-order valence-corrected chi connectivity index (χ3v) is 5.60. The molecule has 0 N–H and O–H groups in total. The molecule has 0 spiro atoms. The zero-order valence-electron chi connectivity index (χ0n) is 15.9. The molecule has 28 heavy (non-hydrogen) atoms. The summed E-state index contributed by atoms with van der Waals surface area (Å²) in [5.74, 6) is 0.751. The third kappa shape index (κ3) is 3.73. The van der Waals surface area contributed by atoms with Crippen molar-refractivity contribution in [1.29, 1.82) is 0 Å². The normalized spacial score (nSPS) is 19.3. The summed E-state index contributed by atoms with van der Waals surface area (Å²) in [6, 6.07) is 14.3. The van der Waals surface area contributed by atoms with Crippen LogP contribution in [0.4, 0.5) is 5.69 Å². The van der Waals surface area contributed by atoms with Crippen LogP contribution >= 0.6 is 0 Å². The van der Waals surface area contributed by atoms with E-state index in [4.69, 9.17) is 9.47 Å². The molecule has 4 rings (SSSR count). The molecule has 0 saturated carbocycles. The lowest BCUT2D eigenvalue weighted by atomic mass is 9.83. The Balaban J connectivity index is 1.59. The summed E-state index contributed by atoms with van der Waals surface area (Å²) < 4.78 is 11.2. The zero-order chi connectivity index (χ0) is 19.2. The van der Waals surface area contributed by atoms with Crippen LogP contribution in [0.3, 0.4) is 0 Å². The van der Waals surface area contributed by atoms with Crippen LogP contribution in [0.5, 0.6) is 0 Å². The van der Waals surface area contributed by atoms with Crippen molar-refractivity contribution in [2.24, 2.45) is 0 Å². The highest BCUT2D eigenvalue weighted by molar-refractivity contribution is 5.54. The van der Waals surface area contributed by atoms with Crippen molar-refractivity contribution in [2.75, 3.05) is 37.9 Å². The quantitative estimate of drug-likeness (QED) is 0.690. The molecule has 2 aliphatic heterocycles. The monoisotopic (exact) mass is 379 g/mol. The fourth-order valence-electron chi connectivity index (χ4n) is 4.16. The van der Waals surface area contributed by atoms with Crippen molar-refractivity contribution < 1.29 is 14.3 Å². The predicted molar refractivity (Wildman–Crippen MR) is 107 cm³/mol. The molecule has 1 aromatic carbocycles. The van der Waals surface area contributed by atoms with Gasteiger partial charge in [0.05, 0.1) is 5.54 Å². The van der Waals surface area contributed by atoms with Gasteiger partial charge >= 0.3 is 0 Å². The van der Waals surface area contributed by atoms with E-state index >= 15 is 0 Å². The summed E-state index contributed by atoms with van der Waals surface area (Å²) in [6.45, 7) is 3.65. The van der Waals surface area contributed by atoms with Crippen molar-refractivity contribution in [3.05, 3.63) is 72.4 Å². The molecule has 1 unspecified atom stereocenters. The maximum Gasteiger partial charge on any atom is 0.229 e. The number of nitrogens with zero attached hydrogens (tertiary/aromatic N) is 3. The van der Waals surface area contributed by atoms with E-state index in [2.05, 4.69) is 26.9 Å². The Labute approximate surface area is 165 Å². The Morgan fingerprint density at radius 1 is 1.04 bits per heavy atom. The molecule has 6 nitrogen and oxygen atoms in total. The summed E-state index contributed by atoms with van der Waals surface area (Å²) in [5, 5.41) is 0. The van der Waals surface area contributed by atoms with Gasteiger partial charge < -0.3 is 19.2 Å². The molecule has 0 amide bonds. The molecule has 2 aliphatic rings. The average molecular weight is 379 g/mol. The Morgan fingerprint density at radius 2 is 1.79 bits per heavy atom. The molecular weight excluding hydrogens is 354 g/mol. The lowest BCUT2D eigenvalue weighted by Gasteiger charge is -2.47. The molecule has 0 aliphatic carbocycles. The van der Waals surface area contributed by atoms with Crippen LogP contribution < -0.4 is 4.90 Å². The minimum absolute atomic E-state index is 0.210. The van der Waals surface area contributed by atoms with E-state index in [9.17, 15) is 4.79 Å². The van der Waals surface area contributed by atoms with Gasteiger partial charge in [0.2, 0.25) is 6.79 Å². The lowest BCUT2D eigenvalue weighted by Crippen LogP contribution is -2.59. The van der Waals surface area contributed by atoms with Gasteiger partial charge in [-0.3, -0.25) is 9.88 Å². The lowest BCUT2D eigenvalue weighted by molar-refractivity contribution is -0.111. The maximum atomic E-state index is 11.7. The molecule has 1 saturated heterocycles. The molecule has 146 valence electrons. The minimum atomic E-state index is -0.524. The highest BCUT2D eigenvalue weighted by Gasteiger charge is 2.44. The van der Waals surface area contributed by atoms with Gasteiger partial charge in [0.1, 0.15) is 12.5 Å². The summed E-state index contributed by atoms with van der Waals surface area (Å²) in [7, 11) is 0. The number of rotatable bonds is 7. The number of hydrogen-bond donors (Lipinski definition) is 0. The standard InChI is InChI=1S/C22H25N3O3/c26-15-8-22(21-17-27-18-28-21,16-19-4-2-1-3-5-19)25-13-11-24(12-14-25)20-6-9-23-10-7-20/h1-7,9-10,15,17H,8,11-14,16,18H2. The first-order chi connectivity index (χ1) is 13.8. The Bertz CT molecular complexity index is 804. The third-order valence-electron chi connectivity index (χ3n) is 5.60. The summed E-state index contributed by atoms with van der Waals surface area (Å²) in [4.78, 5) is 20.6. The Kier molecular flexibility index (Phi) is 5.58. The van der Waals surface area contributed by atoms with Crippen molar-refractivity contribution in [3.63, 3.8) is 0 Å². The second kappa shape index (κ2) is 8.44. The van der Waals surface area contributed by atoms with Gasteiger partial charge in [-0.1, -0.05) is 30.3 Å². The second-order valence-corrected chi connectivity index (χ2v) is 7.16. The van der Waals surface area contributed by atoms with Gasteiger partial charge in [0.25, 0.3) is 0 Å². The van der Waals surface area contributed by atoms with Gasteiger partial charge in [-0.05, 0) is 24.1 Å². The van der Waals surface area contributed by atoms with E-state index in [0.717, 1.165) is 38.2 Å². The van der Waals surface area contributed by atoms with E-state index in [1.165, 1.54) is 11.3 Å². The average Bonchev–Trinajstić information content (AvgIpc) is 3.30. The van der Waals surface area contributed by atoms with Gasteiger partial charge in [-0.15, -0.1) is 0 Å². The number of piperazine rings is 1. The number of pyridine rings is 1. The van der Waals surface area contributed by atoms with Crippen LogP contribution in [0.15, 0.2) is 66.9 Å². The largest absolute Gasteiger partial charge is 0.462 e. The molecule has 6 heteroatoms. The van der Waals surface area contributed by atoms with Crippen LogP contribution in [-0.2, 0) is 20.7 Å². The number of ether oxygens (including phenoxy) is 2. The highest BCUT2D eigenvalue weighted by atomic mass is 16.7. The number of carbonyl (C=O) groups is 1. The number of benzene rings is 1. The molecule has 0 bridgehead atoms. The molecule has 1 aromatic heterocycles. The molecular formula is C22H25N3O3. The van der Waals surface area contributed by atoms with E-state index in [1.807, 2.05) is 42.7 Å². The fourth-order valence-corrected chi connectivity index (χ4v) is 4.16. The second-order valence-electron chi connectivity index (χ2n) is 7.16. The highest BCUT2D eigenvalue weighted by Crippen LogP contribution is 2.36. The Morgan fingerprint density at radius 3 is 2.43 bits per heavy atom. The maximum absolute atomic E-state index is 11.7. The van der Waals surface area contributed by atoms with Crippen LogP contribution in [0.1, 0.15) is 12.0 Å². The number of aromatic nitrogens is 1. The van der Waals surface area contributed by atoms with Gasteiger partial charge in [0.15, 0.2) is 5.76 Å². The number of aldehydes is 1. The summed E-state index contributed by atoms with van der Waals surface area (Å²) >= 11 is 0. The number of hydrogen-bond acceptors (Lipinski definition) is 6. The molecule has 1 atom stereocenters. The van der Waals surface area contributed by atoms with Crippen molar-refractivity contribution in [2.45, 2.75) is 18.4 Å². The van der Waals surface area contributed by atoms with E-state index < -0.39 is 5.54 Å². The minimum Gasteiger partial charge on any atom is -0.462 e. The number of anilines is 1. The molecule has 0 radical (unpaired) electrons. The van der Waals surface area contributed by atoms with Gasteiger partial charge in [-0.25, -0.2) is 0 Å². The van der Waals surface area contributed by atoms with E-state index in [-0.39, 0.29) is 6.79 Å². The first-order valence-electron chi connectivity index (χ1n) is 9.64. The Hall–Kier alpha value is -2.86. The molecule has 1 fully saturated rings. The van der Waals surface area contributed by atoms with E-state index in [0.29, 0.717) is 12.8 Å². The van der Waals surface area contributed by atoms with Crippen molar-refractivity contribution in [3.8, 4) is 0 Å². The van der Waals surface area contributed by atoms with Crippen molar-refractivity contribution in [1.82, 2.24) is 9.88 Å². The first-order valence-corrected chi connectivity index (χ1v) is 9.64. The smallest absolute Gasteiger partial charge is 0.229 e. The first kappa shape index (κ1) is 18.5. The van der Waals surface area contributed by atoms with Crippen molar-refractivity contribution >= 4 is 12.0 Å². The van der Waals surface area contributed by atoms with E-state index in [1.54, 1.807) is 6.26 Å². The van der Waals surface area contributed by atoms with Gasteiger partial charge in [-0.2, -0.15) is 0 Å². The summed E-state index contributed by atoms with van der Waals surface area (Å²) in [6.07, 6.45) is 7.40. The molecule has 2 aromatic rings. The topological polar surface area (TPSA) is 54.9 Å². The predicted octanol–water partition coefficient (Wildman–Crippen LogP) is 2.62. The van der Waals surface area contributed by atoms with Gasteiger partial charge in [0, 0.05) is 50.7 Å². The molecule has 3 heterocycles. The zero-order valence-corrected chi connectivity index (χ0v) is 15.9. The van der Waals surface area contributed by atoms with Crippen LogP contribution in [0.25, 0.3) is 0 Å². The van der Waals surface area contributed by atoms with Crippen LogP contribution in [0, 0.1) is 0 Å². The number of carbonyl (C=O) groups excluding carboxylic acids is 1.